The quantitative estimate of drug-likeness (QED) is 0.484. The number of thioether (sulfide) groups is 1. The molecule has 136 valence electrons. The molecule has 3 aromatic carbocycles. The van der Waals surface area contributed by atoms with Crippen molar-refractivity contribution in [1.29, 1.82) is 0 Å². The Bertz CT molecular complexity index is 924. The average Bonchev–Trinajstić information content (AvgIpc) is 2.73. The highest BCUT2D eigenvalue weighted by molar-refractivity contribution is 7.98. The maximum atomic E-state index is 12.4. The third-order valence-electron chi connectivity index (χ3n) is 3.91. The van der Waals surface area contributed by atoms with Crippen LogP contribution in [0.2, 0.25) is 0 Å². The van der Waals surface area contributed by atoms with Gasteiger partial charge in [-0.15, -0.1) is 11.8 Å². The molecule has 0 aliphatic heterocycles. The van der Waals surface area contributed by atoms with Crippen LogP contribution in [-0.4, -0.2) is 19.0 Å². The van der Waals surface area contributed by atoms with Gasteiger partial charge in [0.15, 0.2) is 0 Å². The first-order valence-electron chi connectivity index (χ1n) is 8.42. The number of hydrogen-bond donors (Lipinski definition) is 1. The molecule has 1 N–H and O–H groups in total. The second-order valence-electron chi connectivity index (χ2n) is 5.83. The van der Waals surface area contributed by atoms with E-state index < -0.39 is 5.97 Å². The molecule has 0 aromatic heterocycles. The summed E-state index contributed by atoms with van der Waals surface area (Å²) in [6.07, 6.45) is 0. The standard InChI is InChI=1S/C22H19NO3S/c1-26-22(25)18-6-5-7-19(14-18)23-21(24)17-12-10-16(11-13-17)15-27-20-8-3-2-4-9-20/h2-14H,15H2,1H3,(H,23,24). The van der Waals surface area contributed by atoms with Gasteiger partial charge in [-0.3, -0.25) is 4.79 Å². The van der Waals surface area contributed by atoms with Gasteiger partial charge in [-0.05, 0) is 48.0 Å². The molecule has 5 heteroatoms. The Balaban J connectivity index is 1.61. The summed E-state index contributed by atoms with van der Waals surface area (Å²) in [7, 11) is 1.32. The first-order chi connectivity index (χ1) is 13.2. The minimum atomic E-state index is -0.439. The van der Waals surface area contributed by atoms with E-state index in [0.29, 0.717) is 16.8 Å². The number of carbonyl (C=O) groups is 2. The zero-order valence-corrected chi connectivity index (χ0v) is 15.7. The van der Waals surface area contributed by atoms with Crippen molar-refractivity contribution in [2.45, 2.75) is 10.6 Å². The Hall–Kier alpha value is -3.05. The van der Waals surface area contributed by atoms with Crippen LogP contribution in [0.15, 0.2) is 83.8 Å². The highest BCUT2D eigenvalue weighted by Crippen LogP contribution is 2.22. The molecule has 0 radical (unpaired) electrons. The molecule has 0 atom stereocenters. The van der Waals surface area contributed by atoms with Crippen LogP contribution in [0.3, 0.4) is 0 Å². The summed E-state index contributed by atoms with van der Waals surface area (Å²) in [4.78, 5) is 25.2. The fourth-order valence-corrected chi connectivity index (χ4v) is 3.36. The van der Waals surface area contributed by atoms with Crippen LogP contribution in [0.1, 0.15) is 26.3 Å². The molecule has 3 rings (SSSR count). The maximum absolute atomic E-state index is 12.4. The second-order valence-corrected chi connectivity index (χ2v) is 6.87. The fourth-order valence-electron chi connectivity index (χ4n) is 2.48. The van der Waals surface area contributed by atoms with Crippen LogP contribution < -0.4 is 5.32 Å². The van der Waals surface area contributed by atoms with E-state index in [4.69, 9.17) is 4.74 Å². The van der Waals surface area contributed by atoms with E-state index >= 15 is 0 Å². The summed E-state index contributed by atoms with van der Waals surface area (Å²) in [5.74, 6) is 0.179. The van der Waals surface area contributed by atoms with E-state index in [1.165, 1.54) is 12.0 Å². The molecule has 0 heterocycles. The number of rotatable bonds is 6. The lowest BCUT2D eigenvalue weighted by Crippen LogP contribution is -2.12. The number of hydrogen-bond acceptors (Lipinski definition) is 4. The topological polar surface area (TPSA) is 55.4 Å². The van der Waals surface area contributed by atoms with Crippen molar-refractivity contribution in [3.05, 3.63) is 95.6 Å². The second kappa shape index (κ2) is 9.05. The normalized spacial score (nSPS) is 10.3. The van der Waals surface area contributed by atoms with Gasteiger partial charge in [-0.25, -0.2) is 4.79 Å². The summed E-state index contributed by atoms with van der Waals surface area (Å²) >= 11 is 1.75. The van der Waals surface area contributed by atoms with Crippen LogP contribution in [-0.2, 0) is 10.5 Å². The van der Waals surface area contributed by atoms with Gasteiger partial charge in [0, 0.05) is 21.9 Å². The van der Waals surface area contributed by atoms with E-state index in [9.17, 15) is 9.59 Å². The van der Waals surface area contributed by atoms with E-state index in [0.717, 1.165) is 11.3 Å². The number of anilines is 1. The molecule has 1 amide bonds. The predicted octanol–water partition coefficient (Wildman–Crippen LogP) is 5.02. The Kier molecular flexibility index (Phi) is 6.28. The molecule has 0 aliphatic carbocycles. The number of nitrogens with one attached hydrogen (secondary N) is 1. The molecule has 0 aliphatic rings. The molecule has 0 spiro atoms. The molecule has 4 nitrogen and oxygen atoms in total. The summed E-state index contributed by atoms with van der Waals surface area (Å²) in [5, 5.41) is 2.80. The SMILES string of the molecule is COC(=O)c1cccc(NC(=O)c2ccc(CSc3ccccc3)cc2)c1. The minimum Gasteiger partial charge on any atom is -0.465 e. The number of ether oxygens (including phenoxy) is 1. The van der Waals surface area contributed by atoms with E-state index in [1.807, 2.05) is 30.3 Å². The van der Waals surface area contributed by atoms with Gasteiger partial charge in [0.25, 0.3) is 5.91 Å². The van der Waals surface area contributed by atoms with Gasteiger partial charge in [-0.1, -0.05) is 36.4 Å². The summed E-state index contributed by atoms with van der Waals surface area (Å²) in [6.45, 7) is 0. The summed E-state index contributed by atoms with van der Waals surface area (Å²) in [5.41, 5.74) is 2.65. The third-order valence-corrected chi connectivity index (χ3v) is 4.99. The molecule has 27 heavy (non-hydrogen) atoms. The van der Waals surface area contributed by atoms with E-state index in [2.05, 4.69) is 17.4 Å². The minimum absolute atomic E-state index is 0.223. The smallest absolute Gasteiger partial charge is 0.337 e. The monoisotopic (exact) mass is 377 g/mol. The average molecular weight is 377 g/mol. The van der Waals surface area contributed by atoms with Crippen molar-refractivity contribution in [3.63, 3.8) is 0 Å². The van der Waals surface area contributed by atoms with Gasteiger partial charge in [0.2, 0.25) is 0 Å². The Labute approximate surface area is 162 Å². The van der Waals surface area contributed by atoms with Crippen molar-refractivity contribution in [3.8, 4) is 0 Å². The highest BCUT2D eigenvalue weighted by atomic mass is 32.2. The number of carbonyl (C=O) groups excluding carboxylic acids is 2. The van der Waals surface area contributed by atoms with Gasteiger partial charge in [0.1, 0.15) is 0 Å². The maximum Gasteiger partial charge on any atom is 0.337 e. The van der Waals surface area contributed by atoms with Crippen molar-refractivity contribution in [2.75, 3.05) is 12.4 Å². The molecular formula is C22H19NO3S. The summed E-state index contributed by atoms with van der Waals surface area (Å²) in [6, 6.07) is 24.4. The van der Waals surface area contributed by atoms with Crippen molar-refractivity contribution in [1.82, 2.24) is 0 Å². The number of esters is 1. The zero-order chi connectivity index (χ0) is 19.1. The predicted molar refractivity (Wildman–Crippen MR) is 108 cm³/mol. The zero-order valence-electron chi connectivity index (χ0n) is 14.8. The first-order valence-corrected chi connectivity index (χ1v) is 9.41. The number of benzene rings is 3. The van der Waals surface area contributed by atoms with Crippen LogP contribution in [0.5, 0.6) is 0 Å². The molecule has 3 aromatic rings. The summed E-state index contributed by atoms with van der Waals surface area (Å²) < 4.78 is 4.70. The Morgan fingerprint density at radius 2 is 1.63 bits per heavy atom. The largest absolute Gasteiger partial charge is 0.465 e. The lowest BCUT2D eigenvalue weighted by Gasteiger charge is -2.08. The van der Waals surface area contributed by atoms with Gasteiger partial charge < -0.3 is 10.1 Å². The van der Waals surface area contributed by atoms with Crippen molar-refractivity contribution < 1.29 is 14.3 Å². The van der Waals surface area contributed by atoms with Gasteiger partial charge >= 0.3 is 5.97 Å². The van der Waals surface area contributed by atoms with E-state index in [1.54, 1.807) is 48.2 Å². The van der Waals surface area contributed by atoms with Crippen LogP contribution in [0.25, 0.3) is 0 Å². The van der Waals surface area contributed by atoms with Crippen LogP contribution >= 0.6 is 11.8 Å². The molecule has 0 saturated heterocycles. The van der Waals surface area contributed by atoms with Crippen molar-refractivity contribution >= 4 is 29.3 Å². The Morgan fingerprint density at radius 1 is 0.889 bits per heavy atom. The molecular weight excluding hydrogens is 358 g/mol. The third kappa shape index (κ3) is 5.21. The van der Waals surface area contributed by atoms with Crippen molar-refractivity contribution in [2.24, 2.45) is 0 Å². The Morgan fingerprint density at radius 3 is 2.33 bits per heavy atom. The van der Waals surface area contributed by atoms with Gasteiger partial charge in [0.05, 0.1) is 12.7 Å². The first kappa shape index (κ1) is 18.7. The van der Waals surface area contributed by atoms with Crippen LogP contribution in [0, 0.1) is 0 Å². The fraction of sp³-hybridized carbons (Fsp3) is 0.0909. The number of amides is 1. The molecule has 0 unspecified atom stereocenters. The van der Waals surface area contributed by atoms with E-state index in [-0.39, 0.29) is 5.91 Å². The lowest BCUT2D eigenvalue weighted by molar-refractivity contribution is 0.0600. The number of methoxy groups -OCH3 is 1. The van der Waals surface area contributed by atoms with Crippen LogP contribution in [0.4, 0.5) is 5.69 Å². The highest BCUT2D eigenvalue weighted by Gasteiger charge is 2.09. The lowest BCUT2D eigenvalue weighted by atomic mass is 10.1. The molecule has 0 saturated carbocycles. The molecule has 0 fully saturated rings. The van der Waals surface area contributed by atoms with Gasteiger partial charge in [-0.2, -0.15) is 0 Å². The molecule has 0 bridgehead atoms.